The van der Waals surface area contributed by atoms with E-state index in [4.69, 9.17) is 4.74 Å². The quantitative estimate of drug-likeness (QED) is 0.563. The van der Waals surface area contributed by atoms with Gasteiger partial charge in [0.2, 0.25) is 0 Å². The predicted molar refractivity (Wildman–Crippen MR) is 67.7 cm³/mol. The number of hydrogen-bond acceptors (Lipinski definition) is 4. The molecule has 0 radical (unpaired) electrons. The summed E-state index contributed by atoms with van der Waals surface area (Å²) in [6.07, 6.45) is 1.83. The molecule has 0 saturated carbocycles. The van der Waals surface area contributed by atoms with Crippen molar-refractivity contribution in [2.75, 3.05) is 7.11 Å². The van der Waals surface area contributed by atoms with Crippen LogP contribution in [0.5, 0.6) is 5.75 Å². The number of unbranched alkanes of at least 4 members (excludes halogenated alkanes) is 1. The molecule has 0 aromatic heterocycles. The molecule has 0 bridgehead atoms. The molecule has 0 N–H and O–H groups in total. The molecule has 0 aliphatic heterocycles. The summed E-state index contributed by atoms with van der Waals surface area (Å²) >= 11 is 0. The lowest BCUT2D eigenvalue weighted by atomic mass is 10.1. The highest BCUT2D eigenvalue weighted by Gasteiger charge is 2.22. The second-order valence-electron chi connectivity index (χ2n) is 4.08. The van der Waals surface area contributed by atoms with Gasteiger partial charge in [-0.1, -0.05) is 13.3 Å². The molecule has 104 valence electrons. The molecule has 1 atom stereocenters. The summed E-state index contributed by atoms with van der Waals surface area (Å²) in [6, 6.07) is 3.83. The zero-order chi connectivity index (χ0) is 14.3. The normalized spacial score (nSPS) is 11.7. The third-order valence-corrected chi connectivity index (χ3v) is 2.65. The van der Waals surface area contributed by atoms with Crippen molar-refractivity contribution in [3.05, 3.63) is 29.6 Å². The Balaban J connectivity index is 2.83. The fourth-order valence-corrected chi connectivity index (χ4v) is 1.59. The molecule has 0 aliphatic carbocycles. The predicted octanol–water partition coefficient (Wildman–Crippen LogP) is 2.75. The molecule has 19 heavy (non-hydrogen) atoms. The SMILES string of the molecule is CCCCC(Oc1ccc(C=O)cc1F)C(=O)OC. The molecule has 1 unspecified atom stereocenters. The maximum Gasteiger partial charge on any atom is 0.347 e. The van der Waals surface area contributed by atoms with Crippen molar-refractivity contribution in [2.45, 2.75) is 32.3 Å². The van der Waals surface area contributed by atoms with Crippen molar-refractivity contribution < 1.29 is 23.5 Å². The number of halogens is 1. The summed E-state index contributed by atoms with van der Waals surface area (Å²) in [4.78, 5) is 22.0. The second kappa shape index (κ2) is 7.51. The molecule has 0 amide bonds. The van der Waals surface area contributed by atoms with Crippen LogP contribution in [0.1, 0.15) is 36.5 Å². The van der Waals surface area contributed by atoms with Crippen LogP contribution in [0, 0.1) is 5.82 Å². The van der Waals surface area contributed by atoms with Gasteiger partial charge in [-0.15, -0.1) is 0 Å². The van der Waals surface area contributed by atoms with Gasteiger partial charge < -0.3 is 9.47 Å². The number of benzene rings is 1. The van der Waals surface area contributed by atoms with Crippen molar-refractivity contribution in [3.63, 3.8) is 0 Å². The Morgan fingerprint density at radius 2 is 2.21 bits per heavy atom. The van der Waals surface area contributed by atoms with Gasteiger partial charge in [0.25, 0.3) is 0 Å². The van der Waals surface area contributed by atoms with Gasteiger partial charge in [-0.25, -0.2) is 9.18 Å². The molecule has 0 aliphatic rings. The third-order valence-electron chi connectivity index (χ3n) is 2.65. The van der Waals surface area contributed by atoms with Crippen molar-refractivity contribution in [1.29, 1.82) is 0 Å². The fraction of sp³-hybridized carbons (Fsp3) is 0.429. The van der Waals surface area contributed by atoms with E-state index in [9.17, 15) is 14.0 Å². The molecular formula is C14H17FO4. The number of esters is 1. The van der Waals surface area contributed by atoms with E-state index in [1.165, 1.54) is 19.2 Å². The standard InChI is InChI=1S/C14H17FO4/c1-3-4-5-13(14(17)18-2)19-12-7-6-10(9-16)8-11(12)15/h6-9,13H,3-5H2,1-2H3. The first-order valence-corrected chi connectivity index (χ1v) is 6.11. The largest absolute Gasteiger partial charge is 0.476 e. The van der Waals surface area contributed by atoms with Gasteiger partial charge in [0.1, 0.15) is 6.29 Å². The van der Waals surface area contributed by atoms with E-state index >= 15 is 0 Å². The van der Waals surface area contributed by atoms with Crippen LogP contribution in [-0.4, -0.2) is 25.5 Å². The zero-order valence-electron chi connectivity index (χ0n) is 11.0. The Labute approximate surface area is 111 Å². The number of carbonyl (C=O) groups excluding carboxylic acids is 2. The monoisotopic (exact) mass is 268 g/mol. The van der Waals surface area contributed by atoms with Crippen LogP contribution in [0.4, 0.5) is 4.39 Å². The number of hydrogen-bond donors (Lipinski definition) is 0. The van der Waals surface area contributed by atoms with Crippen LogP contribution in [0.15, 0.2) is 18.2 Å². The van der Waals surface area contributed by atoms with E-state index in [-0.39, 0.29) is 11.3 Å². The minimum Gasteiger partial charge on any atom is -0.476 e. The Morgan fingerprint density at radius 3 is 2.74 bits per heavy atom. The molecule has 0 heterocycles. The summed E-state index contributed by atoms with van der Waals surface area (Å²) < 4.78 is 23.6. The van der Waals surface area contributed by atoms with E-state index in [0.717, 1.165) is 18.9 Å². The van der Waals surface area contributed by atoms with Gasteiger partial charge in [0.05, 0.1) is 7.11 Å². The van der Waals surface area contributed by atoms with Crippen LogP contribution >= 0.6 is 0 Å². The number of rotatable bonds is 7. The molecule has 1 aromatic carbocycles. The summed E-state index contributed by atoms with van der Waals surface area (Å²) in [5.41, 5.74) is 0.216. The molecule has 1 aromatic rings. The van der Waals surface area contributed by atoms with E-state index < -0.39 is 17.9 Å². The molecule has 0 spiro atoms. The lowest BCUT2D eigenvalue weighted by Gasteiger charge is -2.17. The average molecular weight is 268 g/mol. The smallest absolute Gasteiger partial charge is 0.347 e. The van der Waals surface area contributed by atoms with Crippen LogP contribution in [-0.2, 0) is 9.53 Å². The average Bonchev–Trinajstić information content (AvgIpc) is 2.43. The highest BCUT2D eigenvalue weighted by atomic mass is 19.1. The van der Waals surface area contributed by atoms with Gasteiger partial charge in [0, 0.05) is 5.56 Å². The minimum absolute atomic E-state index is 0.0582. The minimum atomic E-state index is -0.832. The van der Waals surface area contributed by atoms with E-state index in [0.29, 0.717) is 12.7 Å². The summed E-state index contributed by atoms with van der Waals surface area (Å²) in [5.74, 6) is -1.26. The Morgan fingerprint density at radius 1 is 1.47 bits per heavy atom. The van der Waals surface area contributed by atoms with E-state index in [1.54, 1.807) is 0 Å². The maximum absolute atomic E-state index is 13.7. The first kappa shape index (κ1) is 15.1. The van der Waals surface area contributed by atoms with Crippen LogP contribution < -0.4 is 4.74 Å². The number of carbonyl (C=O) groups is 2. The van der Waals surface area contributed by atoms with Crippen molar-refractivity contribution >= 4 is 12.3 Å². The molecule has 1 rings (SSSR count). The first-order chi connectivity index (χ1) is 9.12. The Bertz CT molecular complexity index is 445. The van der Waals surface area contributed by atoms with Gasteiger partial charge in [-0.2, -0.15) is 0 Å². The third kappa shape index (κ3) is 4.35. The fourth-order valence-electron chi connectivity index (χ4n) is 1.59. The summed E-state index contributed by atoms with van der Waals surface area (Å²) in [7, 11) is 1.26. The van der Waals surface area contributed by atoms with E-state index in [1.807, 2.05) is 6.92 Å². The number of aldehydes is 1. The number of ether oxygens (including phenoxy) is 2. The first-order valence-electron chi connectivity index (χ1n) is 6.11. The van der Waals surface area contributed by atoms with Crippen molar-refractivity contribution in [1.82, 2.24) is 0 Å². The van der Waals surface area contributed by atoms with Crippen LogP contribution in [0.2, 0.25) is 0 Å². The summed E-state index contributed by atoms with van der Waals surface area (Å²) in [6.45, 7) is 1.98. The van der Waals surface area contributed by atoms with Gasteiger partial charge in [-0.05, 0) is 31.0 Å². The van der Waals surface area contributed by atoms with Gasteiger partial charge in [-0.3, -0.25) is 4.79 Å². The second-order valence-corrected chi connectivity index (χ2v) is 4.08. The molecular weight excluding hydrogens is 251 g/mol. The number of methoxy groups -OCH3 is 1. The van der Waals surface area contributed by atoms with Crippen LogP contribution in [0.25, 0.3) is 0 Å². The highest BCUT2D eigenvalue weighted by molar-refractivity contribution is 5.76. The van der Waals surface area contributed by atoms with Gasteiger partial charge in [0.15, 0.2) is 17.7 Å². The Kier molecular flexibility index (Phi) is 5.99. The highest BCUT2D eigenvalue weighted by Crippen LogP contribution is 2.21. The molecule has 4 nitrogen and oxygen atoms in total. The lowest BCUT2D eigenvalue weighted by molar-refractivity contribution is -0.149. The summed E-state index contributed by atoms with van der Waals surface area (Å²) in [5, 5.41) is 0. The van der Waals surface area contributed by atoms with Gasteiger partial charge >= 0.3 is 5.97 Å². The molecule has 0 saturated heterocycles. The zero-order valence-corrected chi connectivity index (χ0v) is 11.0. The lowest BCUT2D eigenvalue weighted by Crippen LogP contribution is -2.28. The maximum atomic E-state index is 13.7. The topological polar surface area (TPSA) is 52.6 Å². The van der Waals surface area contributed by atoms with E-state index in [2.05, 4.69) is 4.74 Å². The molecule has 5 heteroatoms. The van der Waals surface area contributed by atoms with Crippen molar-refractivity contribution in [3.8, 4) is 5.75 Å². The molecule has 0 fully saturated rings. The van der Waals surface area contributed by atoms with Crippen molar-refractivity contribution in [2.24, 2.45) is 0 Å². The van der Waals surface area contributed by atoms with Crippen LogP contribution in [0.3, 0.4) is 0 Å². The Hall–Kier alpha value is -1.91.